The molecule has 0 aromatic carbocycles. The second-order valence-electron chi connectivity index (χ2n) is 2.82. The van der Waals surface area contributed by atoms with Crippen molar-refractivity contribution in [2.24, 2.45) is 5.92 Å². The molecule has 0 bridgehead atoms. The quantitative estimate of drug-likeness (QED) is 0.498. The molecule has 0 saturated carbocycles. The number of nitrogens with zero attached hydrogens (tertiary/aromatic N) is 1. The average Bonchev–Trinajstić information content (AvgIpc) is 1.95. The lowest BCUT2D eigenvalue weighted by Crippen LogP contribution is -2.01. The molecule has 0 radical (unpaired) electrons. The van der Waals surface area contributed by atoms with Crippen LogP contribution in [0.4, 0.5) is 0 Å². The van der Waals surface area contributed by atoms with Crippen LogP contribution in [0.5, 0.6) is 0 Å². The van der Waals surface area contributed by atoms with Crippen LogP contribution < -0.4 is 0 Å². The second-order valence-corrected chi connectivity index (χ2v) is 2.82. The van der Waals surface area contributed by atoms with Crippen molar-refractivity contribution in [1.29, 1.82) is 5.26 Å². The Morgan fingerprint density at radius 1 is 1.60 bits per heavy atom. The minimum atomic E-state index is 0.555. The number of allylic oxidation sites excluding steroid dienone is 4. The van der Waals surface area contributed by atoms with E-state index in [0.717, 1.165) is 12.0 Å². The summed E-state index contributed by atoms with van der Waals surface area (Å²) >= 11 is 0. The van der Waals surface area contributed by atoms with Gasteiger partial charge in [0, 0.05) is 5.57 Å². The van der Waals surface area contributed by atoms with Crippen molar-refractivity contribution in [2.45, 2.75) is 20.3 Å². The smallest absolute Gasteiger partial charge is 0.0947 e. The molecule has 0 heterocycles. The van der Waals surface area contributed by atoms with Gasteiger partial charge in [-0.15, -0.1) is 0 Å². The molecule has 1 aliphatic rings. The highest BCUT2D eigenvalue weighted by Crippen LogP contribution is 2.23. The maximum atomic E-state index is 8.55. The summed E-state index contributed by atoms with van der Waals surface area (Å²) in [4.78, 5) is 0. The van der Waals surface area contributed by atoms with Gasteiger partial charge in [0.05, 0.1) is 6.07 Å². The lowest BCUT2D eigenvalue weighted by atomic mass is 9.90. The first kappa shape index (κ1) is 7.08. The third-order valence-corrected chi connectivity index (χ3v) is 1.99. The van der Waals surface area contributed by atoms with Crippen LogP contribution in [0.25, 0.3) is 0 Å². The Hall–Kier alpha value is -1.03. The van der Waals surface area contributed by atoms with Crippen molar-refractivity contribution in [1.82, 2.24) is 0 Å². The van der Waals surface area contributed by atoms with Crippen LogP contribution in [0.1, 0.15) is 20.3 Å². The van der Waals surface area contributed by atoms with Crippen molar-refractivity contribution in [3.05, 3.63) is 23.3 Å². The predicted molar refractivity (Wildman–Crippen MR) is 41.2 cm³/mol. The average molecular weight is 133 g/mol. The maximum Gasteiger partial charge on any atom is 0.0947 e. The van der Waals surface area contributed by atoms with Crippen LogP contribution in [0, 0.1) is 17.2 Å². The van der Waals surface area contributed by atoms with E-state index in [1.54, 1.807) is 0 Å². The van der Waals surface area contributed by atoms with E-state index < -0.39 is 0 Å². The molecule has 1 unspecified atom stereocenters. The Morgan fingerprint density at radius 3 is 2.80 bits per heavy atom. The van der Waals surface area contributed by atoms with Crippen molar-refractivity contribution in [2.75, 3.05) is 0 Å². The maximum absolute atomic E-state index is 8.55. The van der Waals surface area contributed by atoms with Crippen LogP contribution in [-0.2, 0) is 0 Å². The van der Waals surface area contributed by atoms with Gasteiger partial charge in [0.2, 0.25) is 0 Å². The summed E-state index contributed by atoms with van der Waals surface area (Å²) < 4.78 is 0. The Bertz CT molecular complexity index is 228. The first-order valence-corrected chi connectivity index (χ1v) is 3.51. The van der Waals surface area contributed by atoms with Gasteiger partial charge in [0.25, 0.3) is 0 Å². The van der Waals surface area contributed by atoms with Crippen LogP contribution in [-0.4, -0.2) is 0 Å². The summed E-state index contributed by atoms with van der Waals surface area (Å²) in [6.07, 6.45) is 4.86. The Morgan fingerprint density at radius 2 is 2.30 bits per heavy atom. The molecule has 0 N–H and O–H groups in total. The summed E-state index contributed by atoms with van der Waals surface area (Å²) in [6.45, 7) is 4.26. The van der Waals surface area contributed by atoms with E-state index in [1.807, 2.05) is 12.2 Å². The van der Waals surface area contributed by atoms with E-state index in [4.69, 9.17) is 5.26 Å². The van der Waals surface area contributed by atoms with Gasteiger partial charge in [0.15, 0.2) is 0 Å². The molecule has 1 rings (SSSR count). The van der Waals surface area contributed by atoms with E-state index in [2.05, 4.69) is 19.9 Å². The molecule has 0 aliphatic heterocycles. The molecule has 0 aromatic heterocycles. The van der Waals surface area contributed by atoms with Gasteiger partial charge in [0.1, 0.15) is 0 Å². The minimum Gasteiger partial charge on any atom is -0.193 e. The van der Waals surface area contributed by atoms with Crippen LogP contribution in [0.15, 0.2) is 23.3 Å². The molecule has 0 spiro atoms. The largest absolute Gasteiger partial charge is 0.193 e. The van der Waals surface area contributed by atoms with Crippen LogP contribution in [0.3, 0.4) is 0 Å². The zero-order chi connectivity index (χ0) is 7.56. The first-order chi connectivity index (χ1) is 4.74. The predicted octanol–water partition coefficient (Wildman–Crippen LogP) is 2.42. The monoisotopic (exact) mass is 133 g/mol. The van der Waals surface area contributed by atoms with E-state index in [9.17, 15) is 0 Å². The SMILES string of the molecule is CC1=CC=C(C#N)CC1C. The van der Waals surface area contributed by atoms with Gasteiger partial charge < -0.3 is 0 Å². The van der Waals surface area contributed by atoms with Gasteiger partial charge in [-0.25, -0.2) is 0 Å². The molecule has 10 heavy (non-hydrogen) atoms. The third kappa shape index (κ3) is 1.27. The number of rotatable bonds is 0. The molecule has 1 atom stereocenters. The second kappa shape index (κ2) is 2.70. The zero-order valence-corrected chi connectivity index (χ0v) is 6.39. The highest BCUT2D eigenvalue weighted by molar-refractivity contribution is 5.32. The van der Waals surface area contributed by atoms with E-state index in [-0.39, 0.29) is 0 Å². The fourth-order valence-corrected chi connectivity index (χ4v) is 1.04. The number of nitriles is 1. The fraction of sp³-hybridized carbons (Fsp3) is 0.444. The highest BCUT2D eigenvalue weighted by atomic mass is 14.3. The summed E-state index contributed by atoms with van der Waals surface area (Å²) in [5.74, 6) is 0.555. The molecular formula is C9H11N. The summed E-state index contributed by atoms with van der Waals surface area (Å²) in [5.41, 5.74) is 2.28. The van der Waals surface area contributed by atoms with E-state index in [1.165, 1.54) is 5.57 Å². The summed E-state index contributed by atoms with van der Waals surface area (Å²) in [6, 6.07) is 2.17. The molecule has 0 amide bonds. The number of hydrogen-bond donors (Lipinski definition) is 0. The Labute approximate surface area is 61.7 Å². The number of hydrogen-bond acceptors (Lipinski definition) is 1. The lowest BCUT2D eigenvalue weighted by Gasteiger charge is -2.14. The molecule has 1 aliphatic carbocycles. The Balaban J connectivity index is 2.81. The molecule has 1 nitrogen and oxygen atoms in total. The molecule has 1 heteroatoms. The van der Waals surface area contributed by atoms with Gasteiger partial charge >= 0.3 is 0 Å². The zero-order valence-electron chi connectivity index (χ0n) is 6.39. The van der Waals surface area contributed by atoms with E-state index >= 15 is 0 Å². The highest BCUT2D eigenvalue weighted by Gasteiger charge is 2.10. The van der Waals surface area contributed by atoms with Crippen molar-refractivity contribution < 1.29 is 0 Å². The van der Waals surface area contributed by atoms with Gasteiger partial charge in [-0.3, -0.25) is 0 Å². The van der Waals surface area contributed by atoms with Gasteiger partial charge in [-0.1, -0.05) is 18.6 Å². The summed E-state index contributed by atoms with van der Waals surface area (Å²) in [5, 5.41) is 8.55. The molecule has 0 saturated heterocycles. The Kier molecular flexibility index (Phi) is 1.91. The van der Waals surface area contributed by atoms with Crippen molar-refractivity contribution in [3.8, 4) is 6.07 Å². The van der Waals surface area contributed by atoms with Crippen LogP contribution >= 0.6 is 0 Å². The third-order valence-electron chi connectivity index (χ3n) is 1.99. The van der Waals surface area contributed by atoms with E-state index in [0.29, 0.717) is 5.92 Å². The van der Waals surface area contributed by atoms with Crippen LogP contribution in [0.2, 0.25) is 0 Å². The molecule has 52 valence electrons. The summed E-state index contributed by atoms with van der Waals surface area (Å²) in [7, 11) is 0. The van der Waals surface area contributed by atoms with Gasteiger partial charge in [-0.05, 0) is 25.3 Å². The van der Waals surface area contributed by atoms with Crippen molar-refractivity contribution in [3.63, 3.8) is 0 Å². The normalized spacial score (nSPS) is 24.7. The van der Waals surface area contributed by atoms with Gasteiger partial charge in [-0.2, -0.15) is 5.26 Å². The standard InChI is InChI=1S/C9H11N/c1-7-3-4-9(6-10)5-8(7)2/h3-4,8H,5H2,1-2H3. The van der Waals surface area contributed by atoms with Crippen molar-refractivity contribution >= 4 is 0 Å². The lowest BCUT2D eigenvalue weighted by molar-refractivity contribution is 0.672. The first-order valence-electron chi connectivity index (χ1n) is 3.51. The molecular weight excluding hydrogens is 122 g/mol. The molecule has 0 fully saturated rings. The molecule has 0 aromatic rings. The fourth-order valence-electron chi connectivity index (χ4n) is 1.04. The minimum absolute atomic E-state index is 0.555. The topological polar surface area (TPSA) is 23.8 Å².